The molecule has 0 aromatic carbocycles. The molecule has 0 bridgehead atoms. The Labute approximate surface area is 134 Å². The third-order valence-corrected chi connectivity index (χ3v) is 4.39. The Hall–Kier alpha value is -2.51. The van der Waals surface area contributed by atoms with Crippen molar-refractivity contribution < 1.29 is 14.2 Å². The Balaban J connectivity index is 2.13. The van der Waals surface area contributed by atoms with Gasteiger partial charge in [0.1, 0.15) is 5.69 Å². The number of amides is 3. The van der Waals surface area contributed by atoms with E-state index in [9.17, 15) is 9.59 Å². The summed E-state index contributed by atoms with van der Waals surface area (Å²) < 4.78 is 3.55. The molecule has 1 unspecified atom stereocenters. The van der Waals surface area contributed by atoms with Crippen molar-refractivity contribution in [1.29, 1.82) is 0 Å². The number of carbonyl (C=O) groups is 2. The van der Waals surface area contributed by atoms with Crippen molar-refractivity contribution in [2.24, 2.45) is 4.99 Å². The van der Waals surface area contributed by atoms with E-state index >= 15 is 0 Å². The number of urea groups is 1. The summed E-state index contributed by atoms with van der Waals surface area (Å²) in [6.07, 6.45) is 1.64. The van der Waals surface area contributed by atoms with Gasteiger partial charge in [-0.15, -0.1) is 9.78 Å². The van der Waals surface area contributed by atoms with Crippen LogP contribution in [0.2, 0.25) is 0 Å². The van der Waals surface area contributed by atoms with E-state index in [1.54, 1.807) is 23.4 Å². The fourth-order valence-corrected chi connectivity index (χ4v) is 2.94. The number of aryl methyl sites for hydroxylation is 2. The molecule has 1 atom stereocenters. The molecule has 0 N–H and O–H groups in total. The number of likely N-dealkylation sites (N-methyl/N-ethyl adjacent to an activating group) is 3. The zero-order valence-corrected chi connectivity index (χ0v) is 14.1. The van der Waals surface area contributed by atoms with E-state index < -0.39 is 6.04 Å². The number of hydrogen-bond donors (Lipinski definition) is 0. The summed E-state index contributed by atoms with van der Waals surface area (Å²) in [6.45, 7) is 4.10. The number of amidine groups is 1. The smallest absolute Gasteiger partial charge is 0.270 e. The molecule has 23 heavy (non-hydrogen) atoms. The topological polar surface area (TPSA) is 73.8 Å². The molecule has 8 heteroatoms. The summed E-state index contributed by atoms with van der Waals surface area (Å²) >= 11 is 0. The summed E-state index contributed by atoms with van der Waals surface area (Å²) in [5.41, 5.74) is 2.01. The Morgan fingerprint density at radius 1 is 1.17 bits per heavy atom. The van der Waals surface area contributed by atoms with Crippen LogP contribution in [0.5, 0.6) is 0 Å². The lowest BCUT2D eigenvalue weighted by molar-refractivity contribution is -0.507. The van der Waals surface area contributed by atoms with Gasteiger partial charge in [0.15, 0.2) is 0 Å². The molecule has 0 spiro atoms. The first-order valence-corrected chi connectivity index (χ1v) is 7.72. The molecule has 2 aliphatic heterocycles. The van der Waals surface area contributed by atoms with Crippen molar-refractivity contribution in [3.8, 4) is 0 Å². The molecular formula is C15H21N6O2+. The summed E-state index contributed by atoms with van der Waals surface area (Å²) in [6, 6.07) is 1.09. The van der Waals surface area contributed by atoms with Crippen LogP contribution in [0.15, 0.2) is 11.1 Å². The predicted octanol–water partition coefficient (Wildman–Crippen LogP) is 0.159. The maximum atomic E-state index is 12.5. The number of carbonyl (C=O) groups excluding carboxylic acids is 2. The quantitative estimate of drug-likeness (QED) is 0.729. The van der Waals surface area contributed by atoms with Crippen molar-refractivity contribution in [1.82, 2.24) is 19.6 Å². The molecule has 1 aromatic heterocycles. The molecule has 1 aromatic rings. The molecule has 3 rings (SSSR count). The molecule has 3 amide bonds. The molecule has 2 aliphatic rings. The molecule has 122 valence electrons. The highest BCUT2D eigenvalue weighted by Crippen LogP contribution is 2.19. The Kier molecular flexibility index (Phi) is 3.54. The number of imide groups is 1. The van der Waals surface area contributed by atoms with E-state index in [1.165, 1.54) is 11.9 Å². The van der Waals surface area contributed by atoms with Crippen molar-refractivity contribution in [3.05, 3.63) is 17.5 Å². The van der Waals surface area contributed by atoms with Crippen LogP contribution in [0, 0.1) is 0 Å². The van der Waals surface area contributed by atoms with Gasteiger partial charge in [0, 0.05) is 20.5 Å². The lowest BCUT2D eigenvalue weighted by Crippen LogP contribution is -2.61. The average molecular weight is 317 g/mol. The standard InChI is InChI=1S/C15H21N6O2/c1-6-9-8-10(7-2)21(17-9)14-16-12-11(18(14)3)13(22)20(5)15(23)19(12)4/h8,11H,6-7H2,1-5H3/q+1. The third kappa shape index (κ3) is 2.08. The van der Waals surface area contributed by atoms with Gasteiger partial charge in [0.25, 0.3) is 5.91 Å². The van der Waals surface area contributed by atoms with Crippen molar-refractivity contribution >= 4 is 23.7 Å². The van der Waals surface area contributed by atoms with Crippen LogP contribution in [0.1, 0.15) is 25.2 Å². The number of fused-ring (bicyclic) bond motifs is 1. The lowest BCUT2D eigenvalue weighted by Gasteiger charge is -2.31. The van der Waals surface area contributed by atoms with Crippen LogP contribution < -0.4 is 0 Å². The van der Waals surface area contributed by atoms with Crippen molar-refractivity contribution in [3.63, 3.8) is 0 Å². The van der Waals surface area contributed by atoms with Gasteiger partial charge >= 0.3 is 12.0 Å². The lowest BCUT2D eigenvalue weighted by atomic mass is 10.2. The monoisotopic (exact) mass is 317 g/mol. The molecular weight excluding hydrogens is 296 g/mol. The minimum Gasteiger partial charge on any atom is -0.270 e. The normalized spacial score (nSPS) is 21.3. The number of nitrogens with zero attached hydrogens (tertiary/aromatic N) is 6. The number of aromatic nitrogens is 2. The number of hydrogen-bond acceptors (Lipinski definition) is 4. The highest BCUT2D eigenvalue weighted by atomic mass is 16.2. The van der Waals surface area contributed by atoms with E-state index in [0.717, 1.165) is 29.1 Å². The van der Waals surface area contributed by atoms with E-state index in [1.807, 2.05) is 13.0 Å². The van der Waals surface area contributed by atoms with Crippen LogP contribution in [0.25, 0.3) is 0 Å². The third-order valence-electron chi connectivity index (χ3n) is 4.39. The fourth-order valence-electron chi connectivity index (χ4n) is 2.94. The Morgan fingerprint density at radius 3 is 2.48 bits per heavy atom. The number of rotatable bonds is 2. The van der Waals surface area contributed by atoms with Crippen LogP contribution in [0.4, 0.5) is 4.79 Å². The molecule has 1 saturated heterocycles. The fraction of sp³-hybridized carbons (Fsp3) is 0.533. The first-order chi connectivity index (χ1) is 10.9. The molecule has 0 aliphatic carbocycles. The van der Waals surface area contributed by atoms with Gasteiger partial charge in [-0.05, 0) is 12.5 Å². The molecule has 1 fully saturated rings. The summed E-state index contributed by atoms with van der Waals surface area (Å²) in [7, 11) is 4.93. The summed E-state index contributed by atoms with van der Waals surface area (Å²) in [5, 5.41) is 4.58. The number of aliphatic imine (C=N–C) groups is 1. The molecule has 0 radical (unpaired) electrons. The molecule has 8 nitrogen and oxygen atoms in total. The Morgan fingerprint density at radius 2 is 1.87 bits per heavy atom. The minimum atomic E-state index is -0.586. The average Bonchev–Trinajstić information content (AvgIpc) is 3.11. The van der Waals surface area contributed by atoms with E-state index in [4.69, 9.17) is 0 Å². The molecule has 3 heterocycles. The zero-order valence-electron chi connectivity index (χ0n) is 14.1. The van der Waals surface area contributed by atoms with Gasteiger partial charge in [-0.3, -0.25) is 14.6 Å². The zero-order chi connectivity index (χ0) is 16.9. The SMILES string of the molecule is CCc1cc(CC)n(C2=[N+](C)C3C(=O)N(C)C(=O)N(C)C3=N2)n1. The predicted molar refractivity (Wildman–Crippen MR) is 84.7 cm³/mol. The second-order valence-electron chi connectivity index (χ2n) is 5.77. The van der Waals surface area contributed by atoms with E-state index in [2.05, 4.69) is 17.0 Å². The van der Waals surface area contributed by atoms with Crippen LogP contribution in [0.3, 0.4) is 0 Å². The minimum absolute atomic E-state index is 0.273. The second-order valence-corrected chi connectivity index (χ2v) is 5.77. The second kappa shape index (κ2) is 5.29. The maximum Gasteiger partial charge on any atom is 0.421 e. The first-order valence-electron chi connectivity index (χ1n) is 7.72. The highest BCUT2D eigenvalue weighted by Gasteiger charge is 2.51. The van der Waals surface area contributed by atoms with E-state index in [-0.39, 0.29) is 11.9 Å². The van der Waals surface area contributed by atoms with E-state index in [0.29, 0.717) is 11.8 Å². The van der Waals surface area contributed by atoms with Gasteiger partial charge < -0.3 is 0 Å². The molecule has 0 saturated carbocycles. The first kappa shape index (κ1) is 15.4. The van der Waals surface area contributed by atoms with Crippen LogP contribution in [-0.4, -0.2) is 75.1 Å². The van der Waals surface area contributed by atoms with Gasteiger partial charge in [-0.1, -0.05) is 18.8 Å². The van der Waals surface area contributed by atoms with Gasteiger partial charge in [-0.25, -0.2) is 9.37 Å². The maximum absolute atomic E-state index is 12.5. The van der Waals surface area contributed by atoms with Crippen LogP contribution >= 0.6 is 0 Å². The van der Waals surface area contributed by atoms with Crippen molar-refractivity contribution in [2.45, 2.75) is 32.7 Å². The summed E-state index contributed by atoms with van der Waals surface area (Å²) in [4.78, 5) is 31.7. The van der Waals surface area contributed by atoms with Crippen molar-refractivity contribution in [2.75, 3.05) is 21.1 Å². The van der Waals surface area contributed by atoms with Gasteiger partial charge in [0.05, 0.1) is 12.7 Å². The largest absolute Gasteiger partial charge is 0.421 e. The highest BCUT2D eigenvalue weighted by molar-refractivity contribution is 6.22. The Bertz CT molecular complexity index is 760. The van der Waals surface area contributed by atoms with Gasteiger partial charge in [0.2, 0.25) is 11.9 Å². The van der Waals surface area contributed by atoms with Crippen LogP contribution in [-0.2, 0) is 17.6 Å². The van der Waals surface area contributed by atoms with Gasteiger partial charge in [-0.2, -0.15) is 0 Å². The summed E-state index contributed by atoms with van der Waals surface area (Å²) in [5.74, 6) is 0.751.